The van der Waals surface area contributed by atoms with Gasteiger partial charge in [0.15, 0.2) is 12.2 Å². The molecule has 2 aliphatic heterocycles. The third-order valence-electron chi connectivity index (χ3n) is 5.95. The number of hydroxylamine groups is 2. The molecular formula is C21H30N4O10. The fourth-order valence-corrected chi connectivity index (χ4v) is 3.90. The lowest BCUT2D eigenvalue weighted by Gasteiger charge is -2.34. The number of esters is 2. The van der Waals surface area contributed by atoms with Crippen LogP contribution in [0.1, 0.15) is 27.2 Å². The lowest BCUT2D eigenvalue weighted by Crippen LogP contribution is -2.60. The number of hydrogen-bond donors (Lipinski definition) is 3. The van der Waals surface area contributed by atoms with Crippen LogP contribution in [0.5, 0.6) is 0 Å². The number of ether oxygens (including phenoxy) is 2. The molecule has 2 saturated heterocycles. The van der Waals surface area contributed by atoms with Crippen LogP contribution < -0.4 is 5.32 Å². The quantitative estimate of drug-likeness (QED) is 0.214. The van der Waals surface area contributed by atoms with Gasteiger partial charge in [-0.3, -0.25) is 24.4 Å². The molecule has 14 heteroatoms. The molecule has 0 spiro atoms. The highest BCUT2D eigenvalue weighted by atomic mass is 16.6. The van der Waals surface area contributed by atoms with Gasteiger partial charge in [0.25, 0.3) is 17.7 Å². The van der Waals surface area contributed by atoms with E-state index in [-0.39, 0.29) is 23.9 Å². The smallest absolute Gasteiger partial charge is 0.337 e. The number of amides is 4. The maximum Gasteiger partial charge on any atom is 0.337 e. The van der Waals surface area contributed by atoms with Crippen LogP contribution >= 0.6 is 0 Å². The summed E-state index contributed by atoms with van der Waals surface area (Å²) in [4.78, 5) is 78.1. The van der Waals surface area contributed by atoms with Crippen LogP contribution in [0.2, 0.25) is 0 Å². The molecule has 35 heavy (non-hydrogen) atoms. The van der Waals surface area contributed by atoms with Crippen molar-refractivity contribution < 1.29 is 48.6 Å². The second-order valence-electron chi connectivity index (χ2n) is 8.58. The molecule has 0 saturated carbocycles. The fraction of sp³-hybridized carbons (Fsp3) is 0.619. The highest BCUT2D eigenvalue weighted by Crippen LogP contribution is 2.26. The van der Waals surface area contributed by atoms with Crippen molar-refractivity contribution in [2.24, 2.45) is 5.92 Å². The monoisotopic (exact) mass is 498 g/mol. The van der Waals surface area contributed by atoms with Crippen molar-refractivity contribution in [2.45, 2.75) is 57.5 Å². The first kappa shape index (κ1) is 27.7. The highest BCUT2D eigenvalue weighted by molar-refractivity contribution is 6.01. The topological polar surface area (TPSA) is 183 Å². The van der Waals surface area contributed by atoms with Gasteiger partial charge in [0, 0.05) is 13.6 Å². The van der Waals surface area contributed by atoms with Crippen molar-refractivity contribution in [3.63, 3.8) is 0 Å². The van der Waals surface area contributed by atoms with Gasteiger partial charge in [-0.2, -0.15) is 0 Å². The molecule has 14 nitrogen and oxygen atoms in total. The summed E-state index contributed by atoms with van der Waals surface area (Å²) in [6, 6.07) is -4.76. The molecule has 0 aromatic rings. The normalized spacial score (nSPS) is 30.3. The minimum atomic E-state index is -2.26. The number of aliphatic hydroxyl groups is 1. The summed E-state index contributed by atoms with van der Waals surface area (Å²) in [5.74, 6) is -6.54. The van der Waals surface area contributed by atoms with Gasteiger partial charge in [0.1, 0.15) is 18.1 Å². The molecule has 2 aliphatic rings. The zero-order chi connectivity index (χ0) is 26.8. The maximum absolute atomic E-state index is 13.0. The first-order valence-corrected chi connectivity index (χ1v) is 10.8. The van der Waals surface area contributed by atoms with E-state index in [0.29, 0.717) is 4.90 Å². The summed E-state index contributed by atoms with van der Waals surface area (Å²) in [5.41, 5.74) is -0.420. The Kier molecular flexibility index (Phi) is 8.57. The number of hydrogen-bond acceptors (Lipinski definition) is 10. The van der Waals surface area contributed by atoms with E-state index < -0.39 is 71.6 Å². The molecule has 0 bridgehead atoms. The third-order valence-corrected chi connectivity index (χ3v) is 5.95. The predicted molar refractivity (Wildman–Crippen MR) is 115 cm³/mol. The molecule has 0 aliphatic carbocycles. The Morgan fingerprint density at radius 2 is 1.77 bits per heavy atom. The number of fused-ring (bicyclic) bond motifs is 1. The maximum atomic E-state index is 13.0. The van der Waals surface area contributed by atoms with Gasteiger partial charge in [-0.25, -0.2) is 14.7 Å². The average molecular weight is 498 g/mol. The summed E-state index contributed by atoms with van der Waals surface area (Å²) < 4.78 is 9.68. The molecule has 194 valence electrons. The highest BCUT2D eigenvalue weighted by Gasteiger charge is 2.46. The van der Waals surface area contributed by atoms with Crippen molar-refractivity contribution in [1.29, 1.82) is 0 Å². The van der Waals surface area contributed by atoms with E-state index in [1.54, 1.807) is 6.92 Å². The lowest BCUT2D eigenvalue weighted by atomic mass is 10.1. The zero-order valence-electron chi connectivity index (χ0n) is 20.1. The van der Waals surface area contributed by atoms with Crippen LogP contribution in [0.25, 0.3) is 0 Å². The number of nitrogens with zero attached hydrogens (tertiary/aromatic N) is 3. The number of rotatable bonds is 2. The van der Waals surface area contributed by atoms with E-state index in [4.69, 9.17) is 4.74 Å². The molecule has 2 rings (SSSR count). The molecule has 0 aromatic carbocycles. The molecular weight excluding hydrogens is 468 g/mol. The number of carbonyl (C=O) groups excluding carboxylic acids is 6. The van der Waals surface area contributed by atoms with Crippen LogP contribution in [0, 0.1) is 5.92 Å². The molecule has 2 heterocycles. The SMILES string of the molecule is C=C1NC(=O)C(C)N(O)C(=O)C(C(O)C(=O)OC)N(C)C(=O)C(C)OC(=O)C2CC(C)CN2C1=O. The molecule has 6 atom stereocenters. The Bertz CT molecular complexity index is 937. The first-order chi connectivity index (χ1) is 16.2. The Hall–Kier alpha value is -3.52. The van der Waals surface area contributed by atoms with Crippen LogP contribution in [0.3, 0.4) is 0 Å². The Labute approximate surface area is 201 Å². The summed E-state index contributed by atoms with van der Waals surface area (Å²) in [6.45, 7) is 7.77. The number of likely N-dealkylation sites (N-methyl/N-ethyl adjacent to an activating group) is 1. The minimum Gasteiger partial charge on any atom is -0.467 e. The van der Waals surface area contributed by atoms with Crippen molar-refractivity contribution in [3.05, 3.63) is 12.3 Å². The van der Waals surface area contributed by atoms with E-state index in [0.717, 1.165) is 26.0 Å². The van der Waals surface area contributed by atoms with Gasteiger partial charge in [-0.05, 0) is 26.2 Å². The number of carbonyl (C=O) groups is 6. The summed E-state index contributed by atoms with van der Waals surface area (Å²) >= 11 is 0. The third kappa shape index (κ3) is 5.59. The Morgan fingerprint density at radius 1 is 1.17 bits per heavy atom. The molecule has 6 unspecified atom stereocenters. The Balaban J connectivity index is 2.54. The summed E-state index contributed by atoms with van der Waals surface area (Å²) in [5, 5.41) is 22.9. The minimum absolute atomic E-state index is 0.0925. The van der Waals surface area contributed by atoms with Crippen LogP contribution in [0.4, 0.5) is 0 Å². The second-order valence-corrected chi connectivity index (χ2v) is 8.58. The number of aliphatic hydroxyl groups excluding tert-OH is 1. The number of nitrogens with one attached hydrogen (secondary N) is 1. The van der Waals surface area contributed by atoms with E-state index in [1.807, 2.05) is 0 Å². The summed E-state index contributed by atoms with van der Waals surface area (Å²) in [7, 11) is 1.96. The fourth-order valence-electron chi connectivity index (χ4n) is 3.90. The molecule has 2 fully saturated rings. The van der Waals surface area contributed by atoms with Crippen LogP contribution in [-0.4, -0.2) is 112 Å². The van der Waals surface area contributed by atoms with Crippen molar-refractivity contribution in [3.8, 4) is 0 Å². The number of cyclic esters (lactones) is 1. The van der Waals surface area contributed by atoms with E-state index in [2.05, 4.69) is 16.6 Å². The van der Waals surface area contributed by atoms with Gasteiger partial charge >= 0.3 is 11.9 Å². The van der Waals surface area contributed by atoms with Crippen molar-refractivity contribution in [1.82, 2.24) is 20.2 Å². The molecule has 4 amide bonds. The van der Waals surface area contributed by atoms with E-state index in [1.165, 1.54) is 6.92 Å². The predicted octanol–water partition coefficient (Wildman–Crippen LogP) is -2.23. The van der Waals surface area contributed by atoms with Crippen LogP contribution in [-0.2, 0) is 38.2 Å². The van der Waals surface area contributed by atoms with Gasteiger partial charge in [-0.15, -0.1) is 0 Å². The summed E-state index contributed by atoms with van der Waals surface area (Å²) in [6.07, 6.45) is -3.53. The zero-order valence-corrected chi connectivity index (χ0v) is 20.1. The van der Waals surface area contributed by atoms with Gasteiger partial charge in [0.05, 0.1) is 12.8 Å². The molecule has 3 N–H and O–H groups in total. The van der Waals surface area contributed by atoms with Gasteiger partial charge in [-0.1, -0.05) is 13.5 Å². The molecule has 0 radical (unpaired) electrons. The van der Waals surface area contributed by atoms with Crippen molar-refractivity contribution >= 4 is 35.6 Å². The second kappa shape index (κ2) is 10.8. The standard InChI is InChI=1S/C21H30N4O10/c1-9-7-13-20(31)35-12(4)18(29)23(5)14(15(26)21(32)34-6)19(30)25(33)11(3)16(27)22-10(2)17(28)24(13)8-9/h9,11-15,26,33H,2,7-8H2,1,3-6H3,(H,22,27). The first-order valence-electron chi connectivity index (χ1n) is 10.8. The van der Waals surface area contributed by atoms with Gasteiger partial charge < -0.3 is 29.7 Å². The van der Waals surface area contributed by atoms with Gasteiger partial charge in [0.2, 0.25) is 5.91 Å². The largest absolute Gasteiger partial charge is 0.467 e. The molecule has 0 aromatic heterocycles. The van der Waals surface area contributed by atoms with Crippen LogP contribution in [0.15, 0.2) is 12.3 Å². The van der Waals surface area contributed by atoms with E-state index >= 15 is 0 Å². The lowest BCUT2D eigenvalue weighted by molar-refractivity contribution is -0.191. The van der Waals surface area contributed by atoms with Crippen molar-refractivity contribution in [2.75, 3.05) is 20.7 Å². The van der Waals surface area contributed by atoms with E-state index in [9.17, 15) is 39.1 Å². The Morgan fingerprint density at radius 3 is 2.34 bits per heavy atom. The number of methoxy groups -OCH3 is 1. The average Bonchev–Trinajstić information content (AvgIpc) is 3.22.